The van der Waals surface area contributed by atoms with Crippen LogP contribution < -0.4 is 4.90 Å². The average molecular weight is 263 g/mol. The van der Waals surface area contributed by atoms with Gasteiger partial charge in [0.05, 0.1) is 12.8 Å². The summed E-state index contributed by atoms with van der Waals surface area (Å²) in [6.07, 6.45) is -0.0264. The molecular weight excluding hydrogens is 253 g/mol. The van der Waals surface area contributed by atoms with Crippen molar-refractivity contribution in [1.82, 2.24) is 20.2 Å². The summed E-state index contributed by atoms with van der Waals surface area (Å²) in [5, 5.41) is 11.0. The van der Waals surface area contributed by atoms with Crippen molar-refractivity contribution in [2.45, 2.75) is 6.42 Å². The molecule has 0 aromatic carbocycles. The topological polar surface area (TPSA) is 98.0 Å². The Morgan fingerprint density at radius 2 is 2.24 bits per heavy atom. The molecule has 2 heterocycles. The fourth-order valence-corrected chi connectivity index (χ4v) is 2.54. The first kappa shape index (κ1) is 11.9. The Kier molecular flexibility index (Phi) is 2.81. The summed E-state index contributed by atoms with van der Waals surface area (Å²) in [7, 11) is -3.03. The first-order valence-electron chi connectivity index (χ1n) is 4.82. The van der Waals surface area contributed by atoms with E-state index in [1.54, 1.807) is 7.05 Å². The quantitative estimate of drug-likeness (QED) is 0.639. The lowest BCUT2D eigenvalue weighted by atomic mass is 10.1. The van der Waals surface area contributed by atoms with E-state index >= 15 is 0 Å². The van der Waals surface area contributed by atoms with Crippen LogP contribution in [0.2, 0.25) is 0 Å². The van der Waals surface area contributed by atoms with Gasteiger partial charge < -0.3 is 0 Å². The second-order valence-electron chi connectivity index (χ2n) is 3.86. The van der Waals surface area contributed by atoms with E-state index in [9.17, 15) is 17.1 Å². The van der Waals surface area contributed by atoms with Crippen LogP contribution in [0.1, 0.15) is 6.42 Å². The number of aromatic nitrogens is 4. The number of hydrogen-bond donors (Lipinski definition) is 0. The van der Waals surface area contributed by atoms with Crippen LogP contribution in [0, 0.1) is 5.92 Å². The molecule has 0 bridgehead atoms. The number of halogens is 1. The number of hydrogen-bond acceptors (Lipinski definition) is 6. The van der Waals surface area contributed by atoms with E-state index in [1.807, 2.05) is 0 Å². The van der Waals surface area contributed by atoms with Crippen molar-refractivity contribution < 1.29 is 17.1 Å². The number of carbonyl (C=O) groups excluding carboxylic acids is 1. The third-order valence-electron chi connectivity index (χ3n) is 2.38. The molecule has 1 aliphatic rings. The molecule has 0 spiro atoms. The van der Waals surface area contributed by atoms with Crippen molar-refractivity contribution >= 4 is 22.1 Å². The Hall–Kier alpha value is -1.58. The van der Waals surface area contributed by atoms with Crippen LogP contribution in [0.3, 0.4) is 0 Å². The minimum absolute atomic E-state index is 0.0264. The predicted octanol–water partition coefficient (Wildman–Crippen LogP) is -1.14. The molecule has 0 N–H and O–H groups in total. The number of anilines is 1. The highest BCUT2D eigenvalue weighted by Crippen LogP contribution is 2.23. The summed E-state index contributed by atoms with van der Waals surface area (Å²) < 4.78 is 33.5. The summed E-state index contributed by atoms with van der Waals surface area (Å²) in [5.74, 6) is -1.45. The number of tetrazole rings is 1. The van der Waals surface area contributed by atoms with E-state index in [0.717, 1.165) is 0 Å². The molecule has 0 aliphatic carbocycles. The monoisotopic (exact) mass is 263 g/mol. The molecule has 1 saturated heterocycles. The summed E-state index contributed by atoms with van der Waals surface area (Å²) >= 11 is 0. The highest BCUT2D eigenvalue weighted by Gasteiger charge is 2.35. The van der Waals surface area contributed by atoms with E-state index in [2.05, 4.69) is 15.4 Å². The number of amides is 1. The van der Waals surface area contributed by atoms with Crippen LogP contribution in [-0.4, -0.2) is 46.8 Å². The maximum Gasteiger partial charge on any atom is 0.302 e. The van der Waals surface area contributed by atoms with Gasteiger partial charge in [-0.3, -0.25) is 9.69 Å². The summed E-state index contributed by atoms with van der Waals surface area (Å²) in [4.78, 5) is 14.0. The third-order valence-corrected chi connectivity index (χ3v) is 3.25. The molecule has 17 heavy (non-hydrogen) atoms. The van der Waals surface area contributed by atoms with Crippen LogP contribution in [0.4, 0.5) is 9.83 Å². The lowest BCUT2D eigenvalue weighted by Crippen LogP contribution is -2.26. The molecule has 94 valence electrons. The molecule has 1 aromatic rings. The zero-order chi connectivity index (χ0) is 12.6. The minimum atomic E-state index is -4.57. The van der Waals surface area contributed by atoms with Gasteiger partial charge in [-0.15, -0.1) is 8.98 Å². The predicted molar refractivity (Wildman–Crippen MR) is 54.2 cm³/mol. The Morgan fingerprint density at radius 1 is 1.53 bits per heavy atom. The fraction of sp³-hybridized carbons (Fsp3) is 0.714. The van der Waals surface area contributed by atoms with Gasteiger partial charge in [0.25, 0.3) is 5.95 Å². The lowest BCUT2D eigenvalue weighted by molar-refractivity contribution is -0.117. The van der Waals surface area contributed by atoms with Gasteiger partial charge in [0.15, 0.2) is 0 Å². The van der Waals surface area contributed by atoms with Crippen molar-refractivity contribution in [1.29, 1.82) is 0 Å². The standard InChI is InChI=1S/C7H10FN5O3S/c1-12-10-7(9-11-12)13-3-5(2-6(13)14)4-17(8,15)16/h5H,2-4H2,1H3. The molecule has 1 atom stereocenters. The van der Waals surface area contributed by atoms with Gasteiger partial charge in [0.1, 0.15) is 0 Å². The molecule has 0 radical (unpaired) electrons. The lowest BCUT2D eigenvalue weighted by Gasteiger charge is -2.10. The molecule has 1 fully saturated rings. The first-order chi connectivity index (χ1) is 7.85. The Balaban J connectivity index is 2.10. The second-order valence-corrected chi connectivity index (χ2v) is 5.27. The molecule has 1 aliphatic heterocycles. The highest BCUT2D eigenvalue weighted by molar-refractivity contribution is 7.86. The fourth-order valence-electron chi connectivity index (χ4n) is 1.75. The normalized spacial score (nSPS) is 21.2. The number of rotatable bonds is 3. The van der Waals surface area contributed by atoms with Crippen molar-refractivity contribution in [3.05, 3.63) is 0 Å². The summed E-state index contributed by atoms with van der Waals surface area (Å²) in [5.41, 5.74) is 0. The molecule has 1 unspecified atom stereocenters. The molecule has 0 saturated carbocycles. The maximum absolute atomic E-state index is 12.5. The van der Waals surface area contributed by atoms with Gasteiger partial charge in [-0.2, -0.15) is 13.2 Å². The van der Waals surface area contributed by atoms with E-state index in [1.165, 1.54) is 9.70 Å². The zero-order valence-corrected chi connectivity index (χ0v) is 9.76. The highest BCUT2D eigenvalue weighted by atomic mass is 32.3. The van der Waals surface area contributed by atoms with Gasteiger partial charge in [0.2, 0.25) is 5.91 Å². The summed E-state index contributed by atoms with van der Waals surface area (Å²) in [6, 6.07) is 0. The van der Waals surface area contributed by atoms with Gasteiger partial charge in [-0.1, -0.05) is 5.10 Å². The van der Waals surface area contributed by atoms with Gasteiger partial charge >= 0.3 is 10.2 Å². The van der Waals surface area contributed by atoms with Gasteiger partial charge in [-0.05, 0) is 5.21 Å². The van der Waals surface area contributed by atoms with Crippen molar-refractivity contribution in [3.63, 3.8) is 0 Å². The van der Waals surface area contributed by atoms with Gasteiger partial charge in [-0.25, -0.2) is 0 Å². The van der Waals surface area contributed by atoms with Crippen LogP contribution in [0.25, 0.3) is 0 Å². The molecule has 10 heteroatoms. The number of aryl methyl sites for hydroxylation is 1. The van der Waals surface area contributed by atoms with E-state index in [4.69, 9.17) is 0 Å². The number of nitrogens with zero attached hydrogens (tertiary/aromatic N) is 5. The van der Waals surface area contributed by atoms with Crippen LogP contribution in [-0.2, 0) is 22.1 Å². The van der Waals surface area contributed by atoms with Gasteiger partial charge in [0, 0.05) is 18.9 Å². The van der Waals surface area contributed by atoms with E-state index < -0.39 is 21.9 Å². The van der Waals surface area contributed by atoms with Crippen molar-refractivity contribution in [2.24, 2.45) is 13.0 Å². The van der Waals surface area contributed by atoms with Crippen LogP contribution in [0.15, 0.2) is 0 Å². The molecular formula is C7H10FN5O3S. The molecule has 2 rings (SSSR count). The van der Waals surface area contributed by atoms with Crippen molar-refractivity contribution in [2.75, 3.05) is 17.2 Å². The maximum atomic E-state index is 12.5. The molecule has 1 amide bonds. The zero-order valence-electron chi connectivity index (χ0n) is 8.95. The summed E-state index contributed by atoms with van der Waals surface area (Å²) in [6.45, 7) is 0.0909. The smallest absolute Gasteiger partial charge is 0.278 e. The minimum Gasteiger partial charge on any atom is -0.278 e. The largest absolute Gasteiger partial charge is 0.302 e. The Morgan fingerprint density at radius 3 is 2.76 bits per heavy atom. The average Bonchev–Trinajstić information content (AvgIpc) is 2.70. The van der Waals surface area contributed by atoms with Crippen molar-refractivity contribution in [3.8, 4) is 0 Å². The molecule has 1 aromatic heterocycles. The SMILES string of the molecule is Cn1nnc(N2CC(CS(=O)(=O)F)CC2=O)n1. The second kappa shape index (κ2) is 4.02. The first-order valence-corrected chi connectivity index (χ1v) is 6.37. The van der Waals surface area contributed by atoms with Crippen LogP contribution >= 0.6 is 0 Å². The third kappa shape index (κ3) is 2.75. The molecule has 8 nitrogen and oxygen atoms in total. The van der Waals surface area contributed by atoms with E-state index in [0.29, 0.717) is 0 Å². The van der Waals surface area contributed by atoms with Crippen LogP contribution in [0.5, 0.6) is 0 Å². The number of carbonyl (C=O) groups is 1. The Labute approximate surface area is 96.6 Å². The Bertz CT molecular complexity index is 541. The van der Waals surface area contributed by atoms with E-state index in [-0.39, 0.29) is 24.8 Å².